The maximum Gasteiger partial charge on any atom is 0.433 e. The number of amides is 1. The number of hydrogen-bond donors (Lipinski definition) is 2. The van der Waals surface area contributed by atoms with E-state index >= 15 is 0 Å². The van der Waals surface area contributed by atoms with Gasteiger partial charge in [0.1, 0.15) is 17.6 Å². The topological polar surface area (TPSA) is 68.0 Å². The number of rotatable bonds is 8. The smallest absolute Gasteiger partial charge is 0.368 e. The molecule has 0 bridgehead atoms. The third kappa shape index (κ3) is 5.91. The van der Waals surface area contributed by atoms with E-state index < -0.39 is 29.9 Å². The van der Waals surface area contributed by atoms with Crippen LogP contribution in [-0.4, -0.2) is 10.9 Å². The van der Waals surface area contributed by atoms with E-state index in [1.54, 1.807) is 43.3 Å². The lowest BCUT2D eigenvalue weighted by Crippen LogP contribution is -2.36. The third-order valence-corrected chi connectivity index (χ3v) is 5.21. The van der Waals surface area contributed by atoms with Crippen molar-refractivity contribution in [3.8, 4) is 0 Å². The van der Waals surface area contributed by atoms with Crippen molar-refractivity contribution in [3.63, 3.8) is 0 Å². The Morgan fingerprint density at radius 1 is 1.06 bits per heavy atom. The number of hydrogen-bond acceptors (Lipinski definition) is 3. The first-order valence-electron chi connectivity index (χ1n) is 10.0. The van der Waals surface area contributed by atoms with Crippen LogP contribution < -0.4 is 11.1 Å². The number of nitrogens with zero attached hydrogens (tertiary/aromatic N) is 1. The molecule has 0 saturated heterocycles. The quantitative estimate of drug-likeness (QED) is 0.478. The first-order valence-corrected chi connectivity index (χ1v) is 10.0. The molecule has 0 aliphatic carbocycles. The largest absolute Gasteiger partial charge is 0.433 e. The van der Waals surface area contributed by atoms with Crippen LogP contribution >= 0.6 is 0 Å². The molecule has 1 heterocycles. The van der Waals surface area contributed by atoms with Crippen LogP contribution in [0.2, 0.25) is 0 Å². The summed E-state index contributed by atoms with van der Waals surface area (Å²) in [6, 6.07) is 14.7. The molecule has 0 aliphatic heterocycles. The molecule has 8 heteroatoms. The Labute approximate surface area is 183 Å². The highest BCUT2D eigenvalue weighted by atomic mass is 19.4. The van der Waals surface area contributed by atoms with Gasteiger partial charge in [0.15, 0.2) is 0 Å². The monoisotopic (exact) mass is 445 g/mol. The van der Waals surface area contributed by atoms with Crippen molar-refractivity contribution in [2.75, 3.05) is 0 Å². The molecule has 168 valence electrons. The maximum absolute atomic E-state index is 13.8. The van der Waals surface area contributed by atoms with Crippen molar-refractivity contribution in [1.82, 2.24) is 10.3 Å². The van der Waals surface area contributed by atoms with Crippen LogP contribution in [0.5, 0.6) is 0 Å². The number of pyridine rings is 1. The number of carbonyl (C=O) groups is 1. The fourth-order valence-corrected chi connectivity index (χ4v) is 3.47. The van der Waals surface area contributed by atoms with E-state index in [9.17, 15) is 22.4 Å². The van der Waals surface area contributed by atoms with Gasteiger partial charge in [0, 0.05) is 12.2 Å². The number of alkyl halides is 3. The highest BCUT2D eigenvalue weighted by Gasteiger charge is 2.32. The molecule has 0 spiro atoms. The van der Waals surface area contributed by atoms with Crippen LogP contribution in [0.4, 0.5) is 17.6 Å². The predicted octanol–water partition coefficient (Wildman–Crippen LogP) is 5.04. The minimum Gasteiger partial charge on any atom is -0.368 e. The molecule has 4 nitrogen and oxygen atoms in total. The zero-order chi connectivity index (χ0) is 23.3. The Kier molecular flexibility index (Phi) is 7.25. The van der Waals surface area contributed by atoms with Gasteiger partial charge in [-0.15, -0.1) is 0 Å². The van der Waals surface area contributed by atoms with E-state index in [1.807, 2.05) is 6.07 Å². The van der Waals surface area contributed by atoms with Crippen molar-refractivity contribution < 1.29 is 22.4 Å². The first kappa shape index (κ1) is 23.4. The average Bonchev–Trinajstić information content (AvgIpc) is 2.76. The Hall–Kier alpha value is -3.26. The van der Waals surface area contributed by atoms with Crippen LogP contribution in [0.25, 0.3) is 0 Å². The van der Waals surface area contributed by atoms with E-state index in [2.05, 4.69) is 10.3 Å². The number of nitrogens with one attached hydrogen (secondary N) is 1. The molecule has 1 unspecified atom stereocenters. The number of aryl methyl sites for hydroxylation is 2. The number of aromatic nitrogens is 1. The molecule has 1 aromatic heterocycles. The van der Waals surface area contributed by atoms with Gasteiger partial charge in [0.25, 0.3) is 0 Å². The molecule has 0 aliphatic rings. The van der Waals surface area contributed by atoms with Crippen LogP contribution in [0.1, 0.15) is 46.5 Å². The number of benzene rings is 2. The average molecular weight is 445 g/mol. The molecule has 2 aromatic carbocycles. The van der Waals surface area contributed by atoms with Crippen molar-refractivity contribution >= 4 is 5.91 Å². The van der Waals surface area contributed by atoms with Gasteiger partial charge in [-0.05, 0) is 54.2 Å². The number of primary amides is 1. The molecule has 3 aromatic rings. The molecule has 0 saturated carbocycles. The van der Waals surface area contributed by atoms with Gasteiger partial charge >= 0.3 is 6.18 Å². The van der Waals surface area contributed by atoms with Crippen LogP contribution in [-0.2, 0) is 17.4 Å². The summed E-state index contributed by atoms with van der Waals surface area (Å²) in [4.78, 5) is 15.7. The second-order valence-electron chi connectivity index (χ2n) is 7.56. The fourth-order valence-electron chi connectivity index (χ4n) is 3.47. The van der Waals surface area contributed by atoms with E-state index in [0.29, 0.717) is 29.5 Å². The van der Waals surface area contributed by atoms with Crippen molar-refractivity contribution in [3.05, 3.63) is 101 Å². The zero-order valence-corrected chi connectivity index (χ0v) is 17.4. The van der Waals surface area contributed by atoms with Crippen molar-refractivity contribution in [1.29, 1.82) is 0 Å². The molecule has 0 fully saturated rings. The summed E-state index contributed by atoms with van der Waals surface area (Å²) < 4.78 is 52.1. The zero-order valence-electron chi connectivity index (χ0n) is 17.4. The molecule has 32 heavy (non-hydrogen) atoms. The van der Waals surface area contributed by atoms with E-state index in [4.69, 9.17) is 5.73 Å². The maximum atomic E-state index is 13.8. The predicted molar refractivity (Wildman–Crippen MR) is 113 cm³/mol. The second kappa shape index (κ2) is 9.91. The van der Waals surface area contributed by atoms with Crippen molar-refractivity contribution in [2.45, 2.75) is 38.0 Å². The van der Waals surface area contributed by atoms with Gasteiger partial charge in [-0.1, -0.05) is 48.5 Å². The third-order valence-electron chi connectivity index (χ3n) is 5.21. The molecule has 3 N–H and O–H groups in total. The lowest BCUT2D eigenvalue weighted by molar-refractivity contribution is -0.141. The first-order chi connectivity index (χ1) is 15.1. The van der Waals surface area contributed by atoms with E-state index in [-0.39, 0.29) is 5.82 Å². The molecule has 3 rings (SSSR count). The molecule has 2 atom stereocenters. The highest BCUT2D eigenvalue weighted by molar-refractivity contribution is 5.81. The van der Waals surface area contributed by atoms with Gasteiger partial charge in [-0.2, -0.15) is 13.2 Å². The Morgan fingerprint density at radius 2 is 1.78 bits per heavy atom. The summed E-state index contributed by atoms with van der Waals surface area (Å²) >= 11 is 0. The fraction of sp³-hybridized carbons (Fsp3) is 0.250. The normalized spacial score (nSPS) is 13.5. The van der Waals surface area contributed by atoms with Gasteiger partial charge in [0.05, 0.1) is 0 Å². The summed E-state index contributed by atoms with van der Waals surface area (Å²) in [6.45, 7) is 1.64. The molecule has 1 amide bonds. The van der Waals surface area contributed by atoms with Gasteiger partial charge in [-0.25, -0.2) is 4.39 Å². The van der Waals surface area contributed by atoms with E-state index in [0.717, 1.165) is 11.6 Å². The summed E-state index contributed by atoms with van der Waals surface area (Å²) in [5, 5.41) is 3.24. The Morgan fingerprint density at radius 3 is 2.34 bits per heavy atom. The minimum absolute atomic E-state index is 0.353. The van der Waals surface area contributed by atoms with Crippen LogP contribution in [0.3, 0.4) is 0 Å². The van der Waals surface area contributed by atoms with Crippen LogP contribution in [0.15, 0.2) is 66.9 Å². The van der Waals surface area contributed by atoms with Gasteiger partial charge in [0.2, 0.25) is 5.91 Å². The SMILES string of the molecule is Cc1cc([C@H](CCc2ccc(C(F)(F)F)nc2)NC(C(N)=O)c2ccccc2)ccc1F. The Bertz CT molecular complexity index is 1050. The van der Waals surface area contributed by atoms with Crippen LogP contribution in [0, 0.1) is 12.7 Å². The summed E-state index contributed by atoms with van der Waals surface area (Å²) in [7, 11) is 0. The number of carbonyl (C=O) groups excluding carboxylic acids is 1. The van der Waals surface area contributed by atoms with Gasteiger partial charge < -0.3 is 5.73 Å². The Balaban J connectivity index is 1.85. The molecule has 0 radical (unpaired) electrons. The lowest BCUT2D eigenvalue weighted by atomic mass is 9.95. The standard InChI is InChI=1S/C24H23F4N3O/c1-15-13-18(9-10-19(15)25)20(31-22(23(29)32)17-5-3-2-4-6-17)11-7-16-8-12-21(30-14-16)24(26,27)28/h2-6,8-10,12-14,20,22,31H,7,11H2,1H3,(H2,29,32)/t20-,22?/m0/s1. The minimum atomic E-state index is -4.50. The lowest BCUT2D eigenvalue weighted by Gasteiger charge is -2.25. The number of halogens is 4. The number of nitrogens with two attached hydrogens (primary N) is 1. The summed E-state index contributed by atoms with van der Waals surface area (Å²) in [5.74, 6) is -0.926. The van der Waals surface area contributed by atoms with Gasteiger partial charge in [-0.3, -0.25) is 15.1 Å². The highest BCUT2D eigenvalue weighted by Crippen LogP contribution is 2.29. The second-order valence-corrected chi connectivity index (χ2v) is 7.56. The summed E-state index contributed by atoms with van der Waals surface area (Å²) in [5.41, 5.74) is 7.16. The molecular weight excluding hydrogens is 422 g/mol. The van der Waals surface area contributed by atoms with E-state index in [1.165, 1.54) is 18.3 Å². The summed E-state index contributed by atoms with van der Waals surface area (Å²) in [6.07, 6.45) is -2.49. The van der Waals surface area contributed by atoms with Crippen molar-refractivity contribution in [2.24, 2.45) is 5.73 Å². The molecular formula is C24H23F4N3O.